The quantitative estimate of drug-likeness (QED) is 0.359. The molecule has 0 N–H and O–H groups in total. The molecule has 3 rings (SSSR count). The summed E-state index contributed by atoms with van der Waals surface area (Å²) in [4.78, 5) is 16.7. The lowest BCUT2D eigenvalue weighted by Gasteiger charge is -2.08. The molecular weight excluding hydrogens is 329 g/mol. The number of hydrogen-bond donors (Lipinski definition) is 0. The van der Waals surface area contributed by atoms with Crippen molar-refractivity contribution in [2.24, 2.45) is 4.99 Å². The third kappa shape index (κ3) is 4.03. The van der Waals surface area contributed by atoms with Crippen LogP contribution in [0.3, 0.4) is 0 Å². The molecule has 0 fully saturated rings. The van der Waals surface area contributed by atoms with Crippen molar-refractivity contribution in [3.05, 3.63) is 94.8 Å². The second kappa shape index (κ2) is 7.74. The first-order valence-corrected chi connectivity index (χ1v) is 8.21. The minimum atomic E-state index is -0.740. The van der Waals surface area contributed by atoms with Gasteiger partial charge in [0.2, 0.25) is 0 Å². The van der Waals surface area contributed by atoms with E-state index in [0.717, 1.165) is 11.3 Å². The lowest BCUT2D eigenvalue weighted by molar-refractivity contribution is 0.0729. The van der Waals surface area contributed by atoms with Crippen LogP contribution in [-0.4, -0.2) is 12.2 Å². The van der Waals surface area contributed by atoms with Crippen molar-refractivity contribution in [3.8, 4) is 5.75 Å². The maximum absolute atomic E-state index is 13.8. The molecule has 0 unspecified atom stereocenters. The number of para-hydroxylation sites is 1. The predicted molar refractivity (Wildman–Crippen MR) is 101 cm³/mol. The zero-order chi connectivity index (χ0) is 18.5. The standard InChI is InChI=1S/C22H18FNO2/c1-15-11-12-20(16(2)13-15)24-14-17-7-3-6-10-21(17)26-22(25)18-8-4-5-9-19(18)23/h3-14H,1-2H3. The number of carbonyl (C=O) groups excluding carboxylic acids is 1. The Morgan fingerprint density at radius 2 is 1.73 bits per heavy atom. The second-order valence-electron chi connectivity index (χ2n) is 5.96. The van der Waals surface area contributed by atoms with Crippen LogP contribution in [0.4, 0.5) is 10.1 Å². The molecule has 0 bridgehead atoms. The molecule has 4 heteroatoms. The number of halogens is 1. The fourth-order valence-electron chi connectivity index (χ4n) is 2.55. The molecule has 26 heavy (non-hydrogen) atoms. The first-order valence-electron chi connectivity index (χ1n) is 8.21. The van der Waals surface area contributed by atoms with Gasteiger partial charge in [-0.25, -0.2) is 9.18 Å². The average Bonchev–Trinajstić information content (AvgIpc) is 2.62. The highest BCUT2D eigenvalue weighted by Gasteiger charge is 2.14. The molecule has 0 radical (unpaired) electrons. The molecule has 0 heterocycles. The number of esters is 1. The Bertz CT molecular complexity index is 979. The molecule has 0 spiro atoms. The summed E-state index contributed by atoms with van der Waals surface area (Å²) in [6.07, 6.45) is 1.64. The molecule has 0 saturated heterocycles. The van der Waals surface area contributed by atoms with Crippen LogP contribution in [0.25, 0.3) is 0 Å². The van der Waals surface area contributed by atoms with Gasteiger partial charge >= 0.3 is 5.97 Å². The molecule has 0 atom stereocenters. The third-order valence-electron chi connectivity index (χ3n) is 3.91. The van der Waals surface area contributed by atoms with E-state index in [2.05, 4.69) is 11.1 Å². The summed E-state index contributed by atoms with van der Waals surface area (Å²) >= 11 is 0. The summed E-state index contributed by atoms with van der Waals surface area (Å²) in [5.41, 5.74) is 3.60. The molecular formula is C22H18FNO2. The average molecular weight is 347 g/mol. The molecule has 0 aliphatic rings. The summed E-state index contributed by atoms with van der Waals surface area (Å²) < 4.78 is 19.1. The number of benzene rings is 3. The molecule has 0 aliphatic heterocycles. The van der Waals surface area contributed by atoms with Gasteiger partial charge in [-0.1, -0.05) is 42.0 Å². The van der Waals surface area contributed by atoms with Crippen LogP contribution in [0.15, 0.2) is 71.7 Å². The monoisotopic (exact) mass is 347 g/mol. The van der Waals surface area contributed by atoms with Gasteiger partial charge in [-0.2, -0.15) is 0 Å². The Kier molecular flexibility index (Phi) is 5.23. The Hall–Kier alpha value is -3.27. The fraction of sp³-hybridized carbons (Fsp3) is 0.0909. The molecule has 0 aromatic heterocycles. The smallest absolute Gasteiger partial charge is 0.346 e. The third-order valence-corrected chi connectivity index (χ3v) is 3.91. The highest BCUT2D eigenvalue weighted by molar-refractivity contribution is 5.93. The van der Waals surface area contributed by atoms with Crippen molar-refractivity contribution >= 4 is 17.9 Å². The van der Waals surface area contributed by atoms with Gasteiger partial charge in [0.1, 0.15) is 11.6 Å². The van der Waals surface area contributed by atoms with E-state index in [1.807, 2.05) is 32.0 Å². The second-order valence-corrected chi connectivity index (χ2v) is 5.96. The summed E-state index contributed by atoms with van der Waals surface area (Å²) in [7, 11) is 0. The highest BCUT2D eigenvalue weighted by Crippen LogP contribution is 2.22. The normalized spacial score (nSPS) is 10.9. The summed E-state index contributed by atoms with van der Waals surface area (Å²) in [6, 6.07) is 18.7. The van der Waals surface area contributed by atoms with Crippen LogP contribution < -0.4 is 4.74 Å². The molecule has 130 valence electrons. The highest BCUT2D eigenvalue weighted by atomic mass is 19.1. The van der Waals surface area contributed by atoms with Gasteiger partial charge in [-0.15, -0.1) is 0 Å². The topological polar surface area (TPSA) is 38.7 Å². The Balaban J connectivity index is 1.85. The van der Waals surface area contributed by atoms with E-state index < -0.39 is 11.8 Å². The summed E-state index contributed by atoms with van der Waals surface area (Å²) in [5, 5.41) is 0. The number of nitrogens with zero attached hydrogens (tertiary/aromatic N) is 1. The van der Waals surface area contributed by atoms with E-state index in [0.29, 0.717) is 11.3 Å². The Morgan fingerprint density at radius 1 is 1.00 bits per heavy atom. The van der Waals surface area contributed by atoms with E-state index in [1.54, 1.807) is 30.5 Å². The van der Waals surface area contributed by atoms with Crippen molar-refractivity contribution in [3.63, 3.8) is 0 Å². The Labute approximate surface area is 151 Å². The van der Waals surface area contributed by atoms with Gasteiger partial charge in [0.25, 0.3) is 0 Å². The van der Waals surface area contributed by atoms with E-state index in [9.17, 15) is 9.18 Å². The lowest BCUT2D eigenvalue weighted by Crippen LogP contribution is -2.11. The van der Waals surface area contributed by atoms with Gasteiger partial charge in [0.15, 0.2) is 0 Å². The van der Waals surface area contributed by atoms with E-state index >= 15 is 0 Å². The minimum absolute atomic E-state index is 0.103. The lowest BCUT2D eigenvalue weighted by atomic mass is 10.1. The van der Waals surface area contributed by atoms with Crippen LogP contribution in [0.1, 0.15) is 27.0 Å². The van der Waals surface area contributed by atoms with Crippen molar-refractivity contribution in [1.82, 2.24) is 0 Å². The van der Waals surface area contributed by atoms with E-state index in [1.165, 1.54) is 23.8 Å². The van der Waals surface area contributed by atoms with Crippen molar-refractivity contribution in [1.29, 1.82) is 0 Å². The van der Waals surface area contributed by atoms with Gasteiger partial charge < -0.3 is 4.74 Å². The maximum Gasteiger partial charge on any atom is 0.346 e. The van der Waals surface area contributed by atoms with Crippen molar-refractivity contribution in [2.75, 3.05) is 0 Å². The van der Waals surface area contributed by atoms with Crippen LogP contribution in [-0.2, 0) is 0 Å². The molecule has 0 aliphatic carbocycles. The number of aliphatic imine (C=N–C) groups is 1. The zero-order valence-electron chi connectivity index (χ0n) is 14.6. The minimum Gasteiger partial charge on any atom is -0.422 e. The first-order chi connectivity index (χ1) is 12.5. The van der Waals surface area contributed by atoms with E-state index in [-0.39, 0.29) is 5.56 Å². The number of aryl methyl sites for hydroxylation is 2. The molecule has 0 saturated carbocycles. The molecule has 3 nitrogen and oxygen atoms in total. The SMILES string of the molecule is Cc1ccc(N=Cc2ccccc2OC(=O)c2ccccc2F)c(C)c1. The summed E-state index contributed by atoms with van der Waals surface area (Å²) in [6.45, 7) is 4.02. The van der Waals surface area contributed by atoms with Crippen molar-refractivity contribution in [2.45, 2.75) is 13.8 Å². The zero-order valence-corrected chi connectivity index (χ0v) is 14.6. The van der Waals surface area contributed by atoms with E-state index in [4.69, 9.17) is 4.74 Å². The van der Waals surface area contributed by atoms with Crippen LogP contribution in [0.5, 0.6) is 5.75 Å². The summed E-state index contributed by atoms with van der Waals surface area (Å²) in [5.74, 6) is -1.02. The van der Waals surface area contributed by atoms with Crippen LogP contribution in [0.2, 0.25) is 0 Å². The predicted octanol–water partition coefficient (Wildman–Crippen LogP) is 5.41. The molecule has 3 aromatic rings. The van der Waals surface area contributed by atoms with Crippen molar-refractivity contribution < 1.29 is 13.9 Å². The largest absolute Gasteiger partial charge is 0.422 e. The maximum atomic E-state index is 13.8. The first kappa shape index (κ1) is 17.5. The van der Waals surface area contributed by atoms with Crippen LogP contribution in [0, 0.1) is 19.7 Å². The van der Waals surface area contributed by atoms with Gasteiger partial charge in [-0.3, -0.25) is 4.99 Å². The molecule has 0 amide bonds. The number of carbonyl (C=O) groups is 1. The number of ether oxygens (including phenoxy) is 1. The fourth-order valence-corrected chi connectivity index (χ4v) is 2.55. The molecule has 3 aromatic carbocycles. The van der Waals surface area contributed by atoms with Gasteiger partial charge in [-0.05, 0) is 49.7 Å². The number of hydrogen-bond acceptors (Lipinski definition) is 3. The van der Waals surface area contributed by atoms with Crippen LogP contribution >= 0.6 is 0 Å². The van der Waals surface area contributed by atoms with Gasteiger partial charge in [0.05, 0.1) is 11.3 Å². The Morgan fingerprint density at radius 3 is 2.50 bits per heavy atom. The number of rotatable bonds is 4. The van der Waals surface area contributed by atoms with Gasteiger partial charge in [0, 0.05) is 11.8 Å².